The normalized spacial score (nSPS) is 19.9. The Labute approximate surface area is 107 Å². The molecular formula is C14H18ClFO. The zero-order valence-electron chi connectivity index (χ0n) is 9.88. The first-order chi connectivity index (χ1) is 8.09. The summed E-state index contributed by atoms with van der Waals surface area (Å²) in [6.07, 6.45) is 6.29. The Morgan fingerprint density at radius 1 is 1.18 bits per heavy atom. The first-order valence-electron chi connectivity index (χ1n) is 6.25. The van der Waals surface area contributed by atoms with Gasteiger partial charge in [0, 0.05) is 11.4 Å². The van der Waals surface area contributed by atoms with E-state index < -0.39 is 5.60 Å². The second-order valence-corrected chi connectivity index (χ2v) is 5.49. The van der Waals surface area contributed by atoms with E-state index in [4.69, 9.17) is 11.6 Å². The second kappa shape index (κ2) is 5.36. The molecule has 1 fully saturated rings. The van der Waals surface area contributed by atoms with Gasteiger partial charge in [0.25, 0.3) is 0 Å². The van der Waals surface area contributed by atoms with Crippen molar-refractivity contribution in [2.45, 2.75) is 50.5 Å². The molecule has 0 amide bonds. The molecular weight excluding hydrogens is 239 g/mol. The summed E-state index contributed by atoms with van der Waals surface area (Å²) in [7, 11) is 0. The van der Waals surface area contributed by atoms with Crippen LogP contribution in [0, 0.1) is 5.82 Å². The van der Waals surface area contributed by atoms with Gasteiger partial charge in [-0.1, -0.05) is 37.3 Å². The minimum absolute atomic E-state index is 0.271. The molecule has 1 N–H and O–H groups in total. The lowest BCUT2D eigenvalue weighted by molar-refractivity contribution is 0.0245. The minimum atomic E-state index is -0.748. The standard InChI is InChI=1S/C14H18ClFO/c15-12-5-6-13(16)11(9-12)10-14(17)7-3-1-2-4-8-14/h5-6,9,17H,1-4,7-8,10H2. The third-order valence-electron chi connectivity index (χ3n) is 3.56. The van der Waals surface area contributed by atoms with Gasteiger partial charge in [-0.15, -0.1) is 0 Å². The van der Waals surface area contributed by atoms with Crippen LogP contribution >= 0.6 is 11.6 Å². The summed E-state index contributed by atoms with van der Waals surface area (Å²) in [6.45, 7) is 0. The van der Waals surface area contributed by atoms with Gasteiger partial charge in [-0.25, -0.2) is 4.39 Å². The maximum absolute atomic E-state index is 13.6. The second-order valence-electron chi connectivity index (χ2n) is 5.05. The molecule has 1 aromatic carbocycles. The number of benzene rings is 1. The van der Waals surface area contributed by atoms with Crippen molar-refractivity contribution in [3.05, 3.63) is 34.6 Å². The zero-order chi connectivity index (χ0) is 12.3. The predicted octanol–water partition coefficient (Wildman–Crippen LogP) is 4.11. The summed E-state index contributed by atoms with van der Waals surface area (Å²) in [5.74, 6) is -0.271. The van der Waals surface area contributed by atoms with Crippen LogP contribution in [0.2, 0.25) is 5.02 Å². The average Bonchev–Trinajstić information content (AvgIpc) is 2.49. The summed E-state index contributed by atoms with van der Waals surface area (Å²) in [6, 6.07) is 4.54. The molecule has 0 unspecified atom stereocenters. The zero-order valence-corrected chi connectivity index (χ0v) is 10.6. The smallest absolute Gasteiger partial charge is 0.126 e. The van der Waals surface area contributed by atoms with Crippen LogP contribution in [-0.4, -0.2) is 10.7 Å². The Morgan fingerprint density at radius 3 is 2.47 bits per heavy atom. The van der Waals surface area contributed by atoms with Gasteiger partial charge in [-0.2, -0.15) is 0 Å². The van der Waals surface area contributed by atoms with E-state index in [1.807, 2.05) is 0 Å². The number of hydrogen-bond donors (Lipinski definition) is 1. The topological polar surface area (TPSA) is 20.2 Å². The van der Waals surface area contributed by atoms with E-state index in [-0.39, 0.29) is 5.82 Å². The highest BCUT2D eigenvalue weighted by Gasteiger charge is 2.29. The molecule has 0 radical (unpaired) electrons. The van der Waals surface area contributed by atoms with E-state index >= 15 is 0 Å². The van der Waals surface area contributed by atoms with E-state index in [1.165, 1.54) is 25.0 Å². The Balaban J connectivity index is 2.15. The van der Waals surface area contributed by atoms with Crippen molar-refractivity contribution < 1.29 is 9.50 Å². The van der Waals surface area contributed by atoms with Gasteiger partial charge in [-0.3, -0.25) is 0 Å². The Hall–Kier alpha value is -0.600. The van der Waals surface area contributed by atoms with Crippen molar-refractivity contribution in [2.24, 2.45) is 0 Å². The van der Waals surface area contributed by atoms with Gasteiger partial charge >= 0.3 is 0 Å². The molecule has 3 heteroatoms. The molecule has 0 saturated heterocycles. The summed E-state index contributed by atoms with van der Waals surface area (Å²) < 4.78 is 13.6. The molecule has 2 rings (SSSR count). The summed E-state index contributed by atoms with van der Waals surface area (Å²) in [5.41, 5.74) is -0.218. The maximum Gasteiger partial charge on any atom is 0.126 e. The predicted molar refractivity (Wildman–Crippen MR) is 67.8 cm³/mol. The van der Waals surface area contributed by atoms with Crippen molar-refractivity contribution in [3.63, 3.8) is 0 Å². The first-order valence-corrected chi connectivity index (χ1v) is 6.63. The fourth-order valence-corrected chi connectivity index (χ4v) is 2.79. The lowest BCUT2D eigenvalue weighted by atomic mass is 9.87. The Bertz CT molecular complexity index is 384. The van der Waals surface area contributed by atoms with Crippen LogP contribution in [0.5, 0.6) is 0 Å². The van der Waals surface area contributed by atoms with Crippen molar-refractivity contribution >= 4 is 11.6 Å². The van der Waals surface area contributed by atoms with Crippen LogP contribution in [0.4, 0.5) is 4.39 Å². The third kappa shape index (κ3) is 3.43. The number of hydrogen-bond acceptors (Lipinski definition) is 1. The van der Waals surface area contributed by atoms with Crippen LogP contribution in [0.15, 0.2) is 18.2 Å². The minimum Gasteiger partial charge on any atom is -0.390 e. The van der Waals surface area contributed by atoms with Crippen LogP contribution in [-0.2, 0) is 6.42 Å². The lowest BCUT2D eigenvalue weighted by Crippen LogP contribution is -2.31. The third-order valence-corrected chi connectivity index (χ3v) is 3.80. The molecule has 17 heavy (non-hydrogen) atoms. The average molecular weight is 257 g/mol. The van der Waals surface area contributed by atoms with Crippen molar-refractivity contribution in [2.75, 3.05) is 0 Å². The Kier molecular flexibility index (Phi) is 4.05. The van der Waals surface area contributed by atoms with E-state index in [0.29, 0.717) is 17.0 Å². The molecule has 0 bridgehead atoms. The van der Waals surface area contributed by atoms with Crippen molar-refractivity contribution in [3.8, 4) is 0 Å². The molecule has 0 atom stereocenters. The van der Waals surface area contributed by atoms with Crippen LogP contribution < -0.4 is 0 Å². The SMILES string of the molecule is OC1(Cc2cc(Cl)ccc2F)CCCCCC1. The molecule has 1 aliphatic rings. The fourth-order valence-electron chi connectivity index (χ4n) is 2.60. The number of halogens is 2. The highest BCUT2D eigenvalue weighted by atomic mass is 35.5. The molecule has 1 aromatic rings. The van der Waals surface area contributed by atoms with E-state index in [0.717, 1.165) is 25.7 Å². The van der Waals surface area contributed by atoms with Crippen LogP contribution in [0.25, 0.3) is 0 Å². The van der Waals surface area contributed by atoms with Crippen molar-refractivity contribution in [1.29, 1.82) is 0 Å². The number of rotatable bonds is 2. The monoisotopic (exact) mass is 256 g/mol. The summed E-state index contributed by atoms with van der Waals surface area (Å²) in [5, 5.41) is 11.0. The van der Waals surface area contributed by atoms with Crippen LogP contribution in [0.1, 0.15) is 44.1 Å². The molecule has 1 nitrogen and oxygen atoms in total. The Morgan fingerprint density at radius 2 is 1.82 bits per heavy atom. The quantitative estimate of drug-likeness (QED) is 0.790. The summed E-state index contributed by atoms with van der Waals surface area (Å²) in [4.78, 5) is 0. The molecule has 1 aliphatic carbocycles. The van der Waals surface area contributed by atoms with Crippen LogP contribution in [0.3, 0.4) is 0 Å². The van der Waals surface area contributed by atoms with Gasteiger partial charge in [0.05, 0.1) is 5.60 Å². The van der Waals surface area contributed by atoms with Gasteiger partial charge in [0.2, 0.25) is 0 Å². The highest BCUT2D eigenvalue weighted by Crippen LogP contribution is 2.31. The van der Waals surface area contributed by atoms with Crippen molar-refractivity contribution in [1.82, 2.24) is 0 Å². The molecule has 0 heterocycles. The van der Waals surface area contributed by atoms with Gasteiger partial charge in [0.15, 0.2) is 0 Å². The molecule has 0 aromatic heterocycles. The van der Waals surface area contributed by atoms with E-state index in [1.54, 1.807) is 6.07 Å². The van der Waals surface area contributed by atoms with Gasteiger partial charge in [-0.05, 0) is 36.6 Å². The largest absolute Gasteiger partial charge is 0.390 e. The van der Waals surface area contributed by atoms with E-state index in [2.05, 4.69) is 0 Å². The van der Waals surface area contributed by atoms with E-state index in [9.17, 15) is 9.50 Å². The molecule has 94 valence electrons. The first kappa shape index (κ1) is 12.8. The maximum atomic E-state index is 13.6. The highest BCUT2D eigenvalue weighted by molar-refractivity contribution is 6.30. The van der Waals surface area contributed by atoms with Gasteiger partial charge in [0.1, 0.15) is 5.82 Å². The molecule has 0 spiro atoms. The number of aliphatic hydroxyl groups is 1. The fraction of sp³-hybridized carbons (Fsp3) is 0.571. The molecule has 1 saturated carbocycles. The molecule has 0 aliphatic heterocycles. The van der Waals surface area contributed by atoms with Gasteiger partial charge < -0.3 is 5.11 Å². The lowest BCUT2D eigenvalue weighted by Gasteiger charge is -2.26. The summed E-state index contributed by atoms with van der Waals surface area (Å²) >= 11 is 5.86.